The van der Waals surface area contributed by atoms with Crippen LogP contribution < -0.4 is 0 Å². The lowest BCUT2D eigenvalue weighted by Gasteiger charge is -2.59. The Labute approximate surface area is 69.2 Å². The van der Waals surface area contributed by atoms with Gasteiger partial charge in [-0.15, -0.1) is 0 Å². The van der Waals surface area contributed by atoms with Gasteiger partial charge >= 0.3 is 11.9 Å². The highest BCUT2D eigenvalue weighted by Crippen LogP contribution is 2.64. The zero-order chi connectivity index (χ0) is 8.93. The average Bonchev–Trinajstić information content (AvgIpc) is 1.93. The molecular weight excluding hydrogens is 160 g/mol. The van der Waals surface area contributed by atoms with Gasteiger partial charge in [-0.2, -0.15) is 0 Å². The predicted octanol–water partition coefficient (Wildman–Crippen LogP) is 0.572. The van der Waals surface area contributed by atoms with E-state index in [-0.39, 0.29) is 5.92 Å². The van der Waals surface area contributed by atoms with E-state index in [1.54, 1.807) is 0 Å². The molecule has 2 fully saturated rings. The van der Waals surface area contributed by atoms with Crippen molar-refractivity contribution in [3.8, 4) is 0 Å². The molecule has 0 heterocycles. The Balaban J connectivity index is 2.22. The number of hydrogen-bond donors (Lipinski definition) is 2. The van der Waals surface area contributed by atoms with E-state index < -0.39 is 23.3 Å². The fourth-order valence-corrected chi connectivity index (χ4v) is 2.53. The topological polar surface area (TPSA) is 74.6 Å². The molecule has 0 spiro atoms. The van der Waals surface area contributed by atoms with Crippen LogP contribution in [0.2, 0.25) is 0 Å². The first-order valence-electron chi connectivity index (χ1n) is 4.05. The van der Waals surface area contributed by atoms with Crippen LogP contribution in [0, 0.1) is 17.3 Å². The van der Waals surface area contributed by atoms with Gasteiger partial charge in [0.25, 0.3) is 0 Å². The quantitative estimate of drug-likeness (QED) is 0.635. The lowest BCUT2D eigenvalue weighted by Crippen LogP contribution is -2.63. The third-order valence-electron chi connectivity index (χ3n) is 3.47. The molecule has 66 valence electrons. The minimum Gasteiger partial charge on any atom is -0.481 e. The maximum absolute atomic E-state index is 10.8. The normalized spacial score (nSPS) is 43.7. The summed E-state index contributed by atoms with van der Waals surface area (Å²) in [6, 6.07) is 0. The molecule has 4 nitrogen and oxygen atoms in total. The van der Waals surface area contributed by atoms with Crippen molar-refractivity contribution >= 4 is 11.9 Å². The van der Waals surface area contributed by atoms with Crippen LogP contribution in [0.25, 0.3) is 0 Å². The van der Waals surface area contributed by atoms with Crippen molar-refractivity contribution in [2.24, 2.45) is 17.3 Å². The Kier molecular flexibility index (Phi) is 1.26. The Morgan fingerprint density at radius 1 is 1.33 bits per heavy atom. The fourth-order valence-electron chi connectivity index (χ4n) is 2.53. The number of carboxylic acids is 2. The van der Waals surface area contributed by atoms with E-state index in [1.165, 1.54) is 0 Å². The summed E-state index contributed by atoms with van der Waals surface area (Å²) in [5.41, 5.74) is -0.883. The first-order chi connectivity index (χ1) is 5.59. The Morgan fingerprint density at radius 3 is 2.17 bits per heavy atom. The number of hydrogen-bond acceptors (Lipinski definition) is 2. The molecule has 0 aromatic rings. The van der Waals surface area contributed by atoms with Crippen LogP contribution in [0.15, 0.2) is 0 Å². The van der Waals surface area contributed by atoms with Crippen LogP contribution in [-0.2, 0) is 9.59 Å². The third-order valence-corrected chi connectivity index (χ3v) is 3.47. The van der Waals surface area contributed by atoms with Gasteiger partial charge in [-0.1, -0.05) is 0 Å². The molecule has 0 aromatic heterocycles. The highest BCUT2D eigenvalue weighted by molar-refractivity contribution is 5.87. The average molecular weight is 170 g/mol. The molecule has 2 N–H and O–H groups in total. The maximum Gasteiger partial charge on any atom is 0.310 e. The van der Waals surface area contributed by atoms with Crippen molar-refractivity contribution in [1.29, 1.82) is 0 Å². The largest absolute Gasteiger partial charge is 0.481 e. The van der Waals surface area contributed by atoms with Crippen molar-refractivity contribution < 1.29 is 19.8 Å². The van der Waals surface area contributed by atoms with E-state index in [0.717, 1.165) is 6.42 Å². The molecule has 0 aliphatic heterocycles. The number of aliphatic carboxylic acids is 2. The van der Waals surface area contributed by atoms with Gasteiger partial charge < -0.3 is 10.2 Å². The number of carboxylic acid groups (broad SMARTS) is 2. The van der Waals surface area contributed by atoms with Crippen molar-refractivity contribution in [1.82, 2.24) is 0 Å². The summed E-state index contributed by atoms with van der Waals surface area (Å²) in [6.07, 6.45) is 1.99. The molecule has 4 heteroatoms. The molecular formula is C8H10O4. The minimum atomic E-state index is -0.951. The minimum absolute atomic E-state index is 0.135. The molecule has 2 saturated carbocycles. The summed E-state index contributed by atoms with van der Waals surface area (Å²) < 4.78 is 0. The van der Waals surface area contributed by atoms with E-state index >= 15 is 0 Å². The fraction of sp³-hybridized carbons (Fsp3) is 0.750. The molecule has 3 unspecified atom stereocenters. The van der Waals surface area contributed by atoms with Crippen LogP contribution >= 0.6 is 0 Å². The second-order valence-electron chi connectivity index (χ2n) is 3.71. The Bertz CT molecular complexity index is 260. The zero-order valence-corrected chi connectivity index (χ0v) is 6.49. The highest BCUT2D eigenvalue weighted by atomic mass is 16.4. The van der Waals surface area contributed by atoms with Gasteiger partial charge in [0.15, 0.2) is 0 Å². The van der Waals surface area contributed by atoms with Gasteiger partial charge in [-0.3, -0.25) is 9.59 Å². The van der Waals surface area contributed by atoms with E-state index in [1.807, 2.05) is 0 Å². The molecule has 0 saturated heterocycles. The van der Waals surface area contributed by atoms with Crippen LogP contribution in [0.1, 0.15) is 19.3 Å². The standard InChI is InChI=1S/C8H10O4/c9-6(10)5-3-4-1-2-8(4,5)7(11)12/h4-5H,1-3H2,(H,9,10)(H,11,12). The summed E-state index contributed by atoms with van der Waals surface area (Å²) in [7, 11) is 0. The van der Waals surface area contributed by atoms with Crippen LogP contribution in [-0.4, -0.2) is 22.2 Å². The van der Waals surface area contributed by atoms with Gasteiger partial charge in [-0.05, 0) is 25.2 Å². The van der Waals surface area contributed by atoms with Crippen LogP contribution in [0.5, 0.6) is 0 Å². The first kappa shape index (κ1) is 7.58. The Hall–Kier alpha value is -1.06. The summed E-state index contributed by atoms with van der Waals surface area (Å²) in [5, 5.41) is 17.6. The number of carbonyl (C=O) groups is 2. The summed E-state index contributed by atoms with van der Waals surface area (Å²) >= 11 is 0. The zero-order valence-electron chi connectivity index (χ0n) is 6.49. The van der Waals surface area contributed by atoms with E-state index in [4.69, 9.17) is 10.2 Å². The summed E-state index contributed by atoms with van der Waals surface area (Å²) in [5.74, 6) is -2.37. The monoisotopic (exact) mass is 170 g/mol. The predicted molar refractivity (Wildman–Crippen MR) is 38.5 cm³/mol. The van der Waals surface area contributed by atoms with E-state index in [9.17, 15) is 9.59 Å². The van der Waals surface area contributed by atoms with E-state index in [0.29, 0.717) is 12.8 Å². The SMILES string of the molecule is O=C(O)C1CC2CCC21C(=O)O. The van der Waals surface area contributed by atoms with Gasteiger partial charge in [0, 0.05) is 0 Å². The second kappa shape index (κ2) is 2.00. The molecule has 2 aliphatic rings. The second-order valence-corrected chi connectivity index (χ2v) is 3.71. The molecule has 2 rings (SSSR count). The molecule has 3 atom stereocenters. The van der Waals surface area contributed by atoms with Crippen molar-refractivity contribution in [3.63, 3.8) is 0 Å². The summed E-state index contributed by atoms with van der Waals surface area (Å²) in [6.45, 7) is 0. The highest BCUT2D eigenvalue weighted by Gasteiger charge is 2.68. The van der Waals surface area contributed by atoms with Crippen LogP contribution in [0.4, 0.5) is 0 Å². The lowest BCUT2D eigenvalue weighted by atomic mass is 9.42. The molecule has 0 bridgehead atoms. The summed E-state index contributed by atoms with van der Waals surface area (Å²) in [4.78, 5) is 21.4. The van der Waals surface area contributed by atoms with Crippen molar-refractivity contribution in [2.45, 2.75) is 19.3 Å². The molecule has 2 aliphatic carbocycles. The van der Waals surface area contributed by atoms with Gasteiger partial charge in [0.05, 0.1) is 11.3 Å². The smallest absolute Gasteiger partial charge is 0.310 e. The third kappa shape index (κ3) is 0.589. The molecule has 0 amide bonds. The molecule has 12 heavy (non-hydrogen) atoms. The van der Waals surface area contributed by atoms with Crippen LogP contribution in [0.3, 0.4) is 0 Å². The van der Waals surface area contributed by atoms with Crippen molar-refractivity contribution in [3.05, 3.63) is 0 Å². The lowest BCUT2D eigenvalue weighted by molar-refractivity contribution is -0.205. The molecule has 0 radical (unpaired) electrons. The van der Waals surface area contributed by atoms with Gasteiger partial charge in [-0.25, -0.2) is 0 Å². The number of fused-ring (bicyclic) bond motifs is 1. The maximum atomic E-state index is 10.8. The molecule has 0 aromatic carbocycles. The first-order valence-corrected chi connectivity index (χ1v) is 4.05. The Morgan fingerprint density at radius 2 is 2.00 bits per heavy atom. The van der Waals surface area contributed by atoms with Gasteiger partial charge in [0.2, 0.25) is 0 Å². The van der Waals surface area contributed by atoms with Crippen molar-refractivity contribution in [2.75, 3.05) is 0 Å². The number of rotatable bonds is 2. The van der Waals surface area contributed by atoms with E-state index in [2.05, 4.69) is 0 Å². The van der Waals surface area contributed by atoms with Gasteiger partial charge in [0.1, 0.15) is 0 Å².